The van der Waals surface area contributed by atoms with E-state index in [0.29, 0.717) is 30.1 Å². The molecule has 0 radical (unpaired) electrons. The molecule has 0 aromatic heterocycles. The van der Waals surface area contributed by atoms with E-state index < -0.39 is 12.1 Å². The maximum Gasteiger partial charge on any atom is 0.303 e. The second-order valence-corrected chi connectivity index (χ2v) is 11.4. The zero-order valence-electron chi connectivity index (χ0n) is 18.3. The molecule has 4 aliphatic carbocycles. The molecular formula is C24H40O5. The van der Waals surface area contributed by atoms with Gasteiger partial charge in [-0.2, -0.15) is 0 Å². The summed E-state index contributed by atoms with van der Waals surface area (Å²) in [5, 5.41) is 42.0. The number of aliphatic carboxylic acids is 1. The van der Waals surface area contributed by atoms with E-state index in [2.05, 4.69) is 20.8 Å². The fraction of sp³-hybridized carbons (Fsp3) is 0.958. The molecule has 4 rings (SSSR count). The third-order valence-corrected chi connectivity index (χ3v) is 10.3. The van der Waals surface area contributed by atoms with Gasteiger partial charge in [-0.05, 0) is 97.7 Å². The minimum absolute atomic E-state index is 0.0957. The van der Waals surface area contributed by atoms with Crippen LogP contribution in [0.25, 0.3) is 0 Å². The monoisotopic (exact) mass is 408 g/mol. The molecule has 5 nitrogen and oxygen atoms in total. The molecule has 5 heteroatoms. The van der Waals surface area contributed by atoms with Gasteiger partial charge in [0.25, 0.3) is 0 Å². The molecule has 0 saturated heterocycles. The molecule has 29 heavy (non-hydrogen) atoms. The third-order valence-electron chi connectivity index (χ3n) is 10.3. The van der Waals surface area contributed by atoms with E-state index >= 15 is 0 Å². The van der Waals surface area contributed by atoms with Crippen molar-refractivity contribution in [2.45, 2.75) is 96.9 Å². The first-order valence-corrected chi connectivity index (χ1v) is 11.8. The van der Waals surface area contributed by atoms with E-state index in [9.17, 15) is 20.1 Å². The topological polar surface area (TPSA) is 98.0 Å². The number of hydrogen-bond acceptors (Lipinski definition) is 4. The van der Waals surface area contributed by atoms with Crippen LogP contribution in [0.3, 0.4) is 0 Å². The number of carbonyl (C=O) groups is 1. The first kappa shape index (κ1) is 21.6. The summed E-state index contributed by atoms with van der Waals surface area (Å²) in [6.07, 6.45) is 6.00. The van der Waals surface area contributed by atoms with Gasteiger partial charge in [-0.1, -0.05) is 20.8 Å². The number of rotatable bonds is 4. The molecule has 0 aliphatic heterocycles. The maximum absolute atomic E-state index is 11.5. The molecular weight excluding hydrogens is 368 g/mol. The minimum atomic E-state index is -0.748. The van der Waals surface area contributed by atoms with E-state index in [1.54, 1.807) is 0 Å². The Hall–Kier alpha value is -0.650. The second-order valence-electron chi connectivity index (χ2n) is 11.4. The molecule has 0 heterocycles. The van der Waals surface area contributed by atoms with Gasteiger partial charge in [-0.15, -0.1) is 0 Å². The van der Waals surface area contributed by atoms with Crippen molar-refractivity contribution in [3.8, 4) is 0 Å². The lowest BCUT2D eigenvalue weighted by molar-refractivity contribution is -0.207. The highest BCUT2D eigenvalue weighted by Crippen LogP contribution is 2.68. The molecule has 0 spiro atoms. The zero-order valence-corrected chi connectivity index (χ0v) is 18.3. The second kappa shape index (κ2) is 7.49. The molecule has 3 unspecified atom stereocenters. The Morgan fingerprint density at radius 1 is 1.03 bits per heavy atom. The lowest BCUT2D eigenvalue weighted by Crippen LogP contribution is -2.62. The molecule has 11 atom stereocenters. The van der Waals surface area contributed by atoms with Crippen LogP contribution in [0, 0.1) is 46.3 Å². The fourth-order valence-electron chi connectivity index (χ4n) is 8.68. The predicted octanol–water partition coefficient (Wildman–Crippen LogP) is 3.45. The largest absolute Gasteiger partial charge is 0.481 e. The van der Waals surface area contributed by atoms with Crippen LogP contribution in [0.4, 0.5) is 0 Å². The zero-order chi connectivity index (χ0) is 21.1. The van der Waals surface area contributed by atoms with Crippen LogP contribution < -0.4 is 0 Å². The summed E-state index contributed by atoms with van der Waals surface area (Å²) in [5.74, 6) is 0.997. The Bertz CT molecular complexity index is 637. The molecule has 4 saturated carbocycles. The summed E-state index contributed by atoms with van der Waals surface area (Å²) in [6.45, 7) is 6.72. The van der Waals surface area contributed by atoms with Crippen molar-refractivity contribution in [1.82, 2.24) is 0 Å². The average Bonchev–Trinajstić information content (AvgIpc) is 3.01. The van der Waals surface area contributed by atoms with Crippen molar-refractivity contribution in [3.05, 3.63) is 0 Å². The molecule has 166 valence electrons. The first-order valence-electron chi connectivity index (χ1n) is 11.8. The number of carboxylic acids is 1. The summed E-state index contributed by atoms with van der Waals surface area (Å²) in [4.78, 5) is 11.1. The number of aliphatic hydroxyl groups excluding tert-OH is 3. The highest BCUT2D eigenvalue weighted by molar-refractivity contribution is 5.66. The van der Waals surface area contributed by atoms with Gasteiger partial charge in [0, 0.05) is 6.42 Å². The molecule has 0 amide bonds. The first-order chi connectivity index (χ1) is 13.6. The Balaban J connectivity index is 1.61. The van der Waals surface area contributed by atoms with Crippen LogP contribution in [-0.4, -0.2) is 44.7 Å². The summed E-state index contributed by atoms with van der Waals surface area (Å²) in [7, 11) is 0. The number of carboxylic acid groups (broad SMARTS) is 1. The van der Waals surface area contributed by atoms with Crippen LogP contribution >= 0.6 is 0 Å². The average molecular weight is 409 g/mol. The summed E-state index contributed by atoms with van der Waals surface area (Å²) in [5.41, 5.74) is -0.143. The molecule has 4 N–H and O–H groups in total. The summed E-state index contributed by atoms with van der Waals surface area (Å²) in [6, 6.07) is 0. The van der Waals surface area contributed by atoms with E-state index in [0.717, 1.165) is 44.9 Å². The lowest BCUT2D eigenvalue weighted by Gasteiger charge is -2.63. The van der Waals surface area contributed by atoms with Crippen molar-refractivity contribution in [2.75, 3.05) is 0 Å². The van der Waals surface area contributed by atoms with Crippen molar-refractivity contribution in [1.29, 1.82) is 0 Å². The van der Waals surface area contributed by atoms with E-state index in [-0.39, 0.29) is 41.3 Å². The molecule has 0 aromatic rings. The number of aliphatic hydroxyl groups is 3. The van der Waals surface area contributed by atoms with Gasteiger partial charge in [-0.3, -0.25) is 4.79 Å². The van der Waals surface area contributed by atoms with E-state index in [1.165, 1.54) is 0 Å². The van der Waals surface area contributed by atoms with E-state index in [4.69, 9.17) is 5.11 Å². The standard InChI is InChI=1S/C24H40O5/c1-13(4-7-21(28)29)16-5-6-17-22-18(12-20(27)24(16,17)3)23(2)9-8-15(25)10-14(23)11-19(22)26/h13-20,22,25-27H,4-12H2,1-3H3,(H,28,29)/t13-,14+,15-,16?,17+,18+,19-,20+,22?,23?,24-/m1/s1. The van der Waals surface area contributed by atoms with Crippen molar-refractivity contribution >= 4 is 5.97 Å². The quantitative estimate of drug-likeness (QED) is 0.571. The van der Waals surface area contributed by atoms with Crippen LogP contribution in [0.1, 0.15) is 78.6 Å². The Morgan fingerprint density at radius 3 is 2.45 bits per heavy atom. The number of fused-ring (bicyclic) bond motifs is 5. The van der Waals surface area contributed by atoms with Gasteiger partial charge < -0.3 is 20.4 Å². The Morgan fingerprint density at radius 2 is 1.76 bits per heavy atom. The summed E-state index contributed by atoms with van der Waals surface area (Å²) < 4.78 is 0. The molecule has 0 bridgehead atoms. The minimum Gasteiger partial charge on any atom is -0.481 e. The number of hydrogen-bond donors (Lipinski definition) is 4. The van der Waals surface area contributed by atoms with E-state index in [1.807, 2.05) is 0 Å². The molecule has 4 aliphatic rings. The van der Waals surface area contributed by atoms with Gasteiger partial charge in [0.05, 0.1) is 18.3 Å². The molecule has 0 aromatic carbocycles. The highest BCUT2D eigenvalue weighted by atomic mass is 16.4. The Kier molecular flexibility index (Phi) is 5.57. The van der Waals surface area contributed by atoms with Gasteiger partial charge in [0.2, 0.25) is 0 Å². The van der Waals surface area contributed by atoms with Gasteiger partial charge in [0.15, 0.2) is 0 Å². The van der Waals surface area contributed by atoms with Crippen molar-refractivity contribution in [2.24, 2.45) is 46.3 Å². The van der Waals surface area contributed by atoms with Crippen LogP contribution in [-0.2, 0) is 4.79 Å². The van der Waals surface area contributed by atoms with Crippen molar-refractivity contribution in [3.63, 3.8) is 0 Å². The maximum atomic E-state index is 11.5. The SMILES string of the molecule is C[C@H](CCC(=O)O)C1CC[C@H]2C3[C@H](O)C[C@@H]4C[C@H](O)CCC4(C)[C@H]3C[C@H](O)[C@]12C. The lowest BCUT2D eigenvalue weighted by atomic mass is 9.43. The van der Waals surface area contributed by atoms with Crippen LogP contribution in [0.2, 0.25) is 0 Å². The van der Waals surface area contributed by atoms with Crippen molar-refractivity contribution < 1.29 is 25.2 Å². The van der Waals surface area contributed by atoms with Crippen LogP contribution in [0.15, 0.2) is 0 Å². The predicted molar refractivity (Wildman–Crippen MR) is 110 cm³/mol. The normalized spacial score (nSPS) is 52.9. The smallest absolute Gasteiger partial charge is 0.303 e. The van der Waals surface area contributed by atoms with Gasteiger partial charge in [-0.25, -0.2) is 0 Å². The van der Waals surface area contributed by atoms with Crippen LogP contribution in [0.5, 0.6) is 0 Å². The fourth-order valence-corrected chi connectivity index (χ4v) is 8.68. The van der Waals surface area contributed by atoms with Gasteiger partial charge >= 0.3 is 5.97 Å². The highest BCUT2D eigenvalue weighted by Gasteiger charge is 2.65. The summed E-state index contributed by atoms with van der Waals surface area (Å²) >= 11 is 0. The third kappa shape index (κ3) is 3.27. The van der Waals surface area contributed by atoms with Gasteiger partial charge in [0.1, 0.15) is 0 Å². The molecule has 4 fully saturated rings. The Labute approximate surface area is 174 Å².